The van der Waals surface area contributed by atoms with Crippen molar-refractivity contribution in [3.63, 3.8) is 0 Å². The Labute approximate surface area is 76.8 Å². The van der Waals surface area contributed by atoms with Gasteiger partial charge >= 0.3 is 5.97 Å². The molecule has 0 bridgehead atoms. The van der Waals surface area contributed by atoms with Gasteiger partial charge in [-0.2, -0.15) is 0 Å². The fourth-order valence-corrected chi connectivity index (χ4v) is 1.07. The minimum atomic E-state index is -1.09. The normalized spacial score (nSPS) is 18.6. The summed E-state index contributed by atoms with van der Waals surface area (Å²) < 4.78 is 0. The van der Waals surface area contributed by atoms with Crippen LogP contribution in [0, 0.1) is 5.41 Å². The zero-order chi connectivity index (χ0) is 10.1. The third-order valence-electron chi connectivity index (χ3n) is 2.16. The third-order valence-corrected chi connectivity index (χ3v) is 2.16. The molecule has 1 fully saturated rings. The highest BCUT2D eigenvalue weighted by Crippen LogP contribution is 2.47. The Balaban J connectivity index is 2.64. The lowest BCUT2D eigenvalue weighted by Crippen LogP contribution is -2.24. The van der Waals surface area contributed by atoms with E-state index in [4.69, 9.17) is 5.11 Å². The Morgan fingerprint density at radius 2 is 1.92 bits per heavy atom. The van der Waals surface area contributed by atoms with Gasteiger partial charge < -0.3 is 10.0 Å². The molecule has 0 amide bonds. The summed E-state index contributed by atoms with van der Waals surface area (Å²) in [4.78, 5) is 23.8. The van der Waals surface area contributed by atoms with Gasteiger partial charge in [-0.25, -0.2) is 0 Å². The molecule has 0 unspecified atom stereocenters. The summed E-state index contributed by atoms with van der Waals surface area (Å²) in [5, 5.41) is 8.77. The first-order valence-corrected chi connectivity index (χ1v) is 4.11. The molecule has 0 radical (unpaired) electrons. The van der Waals surface area contributed by atoms with E-state index in [2.05, 4.69) is 0 Å². The van der Waals surface area contributed by atoms with Crippen LogP contribution in [0.1, 0.15) is 12.8 Å². The molecule has 1 aliphatic rings. The molecular weight excluding hydrogens is 170 g/mol. The van der Waals surface area contributed by atoms with Crippen molar-refractivity contribution in [2.45, 2.75) is 12.8 Å². The second kappa shape index (κ2) is 3.20. The van der Waals surface area contributed by atoms with Crippen LogP contribution in [-0.2, 0) is 9.59 Å². The van der Waals surface area contributed by atoms with Crippen LogP contribution in [0.5, 0.6) is 0 Å². The molecule has 4 heteroatoms. The maximum Gasteiger partial charge on any atom is 0.317 e. The summed E-state index contributed by atoms with van der Waals surface area (Å²) in [6.45, 7) is 0. The fourth-order valence-electron chi connectivity index (χ4n) is 1.07. The van der Waals surface area contributed by atoms with Crippen LogP contribution in [0.25, 0.3) is 0 Å². The van der Waals surface area contributed by atoms with Crippen molar-refractivity contribution in [3.05, 3.63) is 12.3 Å². The van der Waals surface area contributed by atoms with Gasteiger partial charge in [0.1, 0.15) is 5.41 Å². The Hall–Kier alpha value is -1.32. The molecule has 13 heavy (non-hydrogen) atoms. The largest absolute Gasteiger partial charge is 0.480 e. The van der Waals surface area contributed by atoms with Gasteiger partial charge in [-0.3, -0.25) is 9.59 Å². The van der Waals surface area contributed by atoms with E-state index in [1.54, 1.807) is 25.2 Å². The number of carboxylic acid groups (broad SMARTS) is 1. The highest BCUT2D eigenvalue weighted by molar-refractivity contribution is 6.11. The number of carbonyl (C=O) groups is 2. The van der Waals surface area contributed by atoms with Crippen LogP contribution in [0.2, 0.25) is 0 Å². The Morgan fingerprint density at radius 3 is 2.23 bits per heavy atom. The smallest absolute Gasteiger partial charge is 0.317 e. The summed E-state index contributed by atoms with van der Waals surface area (Å²) in [6, 6.07) is 0. The Morgan fingerprint density at radius 1 is 1.38 bits per heavy atom. The topological polar surface area (TPSA) is 57.6 Å². The predicted octanol–water partition coefficient (Wildman–Crippen LogP) is 0.496. The highest BCUT2D eigenvalue weighted by atomic mass is 16.4. The van der Waals surface area contributed by atoms with Gasteiger partial charge in [-0.1, -0.05) is 0 Å². The molecule has 0 aliphatic heterocycles. The molecular formula is C9H13NO3. The minimum absolute atomic E-state index is 0.297. The van der Waals surface area contributed by atoms with Crippen molar-refractivity contribution in [1.82, 2.24) is 4.90 Å². The van der Waals surface area contributed by atoms with Gasteiger partial charge in [-0.05, 0) is 18.9 Å². The summed E-state index contributed by atoms with van der Waals surface area (Å²) in [6.07, 6.45) is 3.85. The minimum Gasteiger partial charge on any atom is -0.480 e. The maximum absolute atomic E-state index is 11.4. The van der Waals surface area contributed by atoms with E-state index in [-0.39, 0.29) is 5.78 Å². The number of allylic oxidation sites excluding steroid dienone is 1. The van der Waals surface area contributed by atoms with E-state index in [1.165, 1.54) is 6.08 Å². The molecule has 0 saturated heterocycles. The van der Waals surface area contributed by atoms with E-state index < -0.39 is 11.4 Å². The number of carboxylic acids is 1. The standard InChI is InChI=1S/C9H13NO3/c1-10(2)6-3-7(11)9(4-5-9)8(12)13/h3,6H,4-5H2,1-2H3,(H,12,13)/b6-3+. The summed E-state index contributed by atoms with van der Waals surface area (Å²) in [5.74, 6) is -1.30. The van der Waals surface area contributed by atoms with Crippen molar-refractivity contribution in [2.24, 2.45) is 5.41 Å². The van der Waals surface area contributed by atoms with Gasteiger partial charge in [-0.15, -0.1) is 0 Å². The van der Waals surface area contributed by atoms with E-state index in [0.717, 1.165) is 0 Å². The van der Waals surface area contributed by atoms with Crippen molar-refractivity contribution in [2.75, 3.05) is 14.1 Å². The number of carbonyl (C=O) groups excluding carboxylic acids is 1. The molecule has 1 aliphatic carbocycles. The van der Waals surface area contributed by atoms with Crippen LogP contribution >= 0.6 is 0 Å². The van der Waals surface area contributed by atoms with E-state index >= 15 is 0 Å². The number of rotatable bonds is 4. The molecule has 4 nitrogen and oxygen atoms in total. The summed E-state index contributed by atoms with van der Waals surface area (Å²) in [7, 11) is 3.56. The zero-order valence-corrected chi connectivity index (χ0v) is 7.78. The van der Waals surface area contributed by atoms with Gasteiger partial charge in [0, 0.05) is 20.3 Å². The first-order chi connectivity index (χ1) is 5.99. The molecule has 0 heterocycles. The van der Waals surface area contributed by atoms with Crippen LogP contribution in [0.4, 0.5) is 0 Å². The SMILES string of the molecule is CN(C)/C=C/C(=O)C1(C(=O)O)CC1. The monoisotopic (exact) mass is 183 g/mol. The number of aliphatic carboxylic acids is 1. The molecule has 1 N–H and O–H groups in total. The molecule has 0 aromatic rings. The number of nitrogens with zero attached hydrogens (tertiary/aromatic N) is 1. The highest BCUT2D eigenvalue weighted by Gasteiger charge is 2.55. The average Bonchev–Trinajstić information content (AvgIpc) is 2.79. The van der Waals surface area contributed by atoms with Crippen molar-refractivity contribution in [3.8, 4) is 0 Å². The van der Waals surface area contributed by atoms with Gasteiger partial charge in [0.15, 0.2) is 5.78 Å². The number of hydrogen-bond acceptors (Lipinski definition) is 3. The fraction of sp³-hybridized carbons (Fsp3) is 0.556. The molecule has 0 spiro atoms. The van der Waals surface area contributed by atoms with Crippen LogP contribution in [0.3, 0.4) is 0 Å². The maximum atomic E-state index is 11.4. The average molecular weight is 183 g/mol. The van der Waals surface area contributed by atoms with Gasteiger partial charge in [0.2, 0.25) is 0 Å². The lowest BCUT2D eigenvalue weighted by Gasteiger charge is -2.06. The first kappa shape index (κ1) is 9.77. The molecule has 1 saturated carbocycles. The van der Waals surface area contributed by atoms with Crippen molar-refractivity contribution >= 4 is 11.8 Å². The van der Waals surface area contributed by atoms with Crippen molar-refractivity contribution in [1.29, 1.82) is 0 Å². The van der Waals surface area contributed by atoms with Crippen LogP contribution < -0.4 is 0 Å². The zero-order valence-electron chi connectivity index (χ0n) is 7.78. The second-order valence-corrected chi connectivity index (χ2v) is 3.53. The van der Waals surface area contributed by atoms with Gasteiger partial charge in [0.05, 0.1) is 0 Å². The van der Waals surface area contributed by atoms with Crippen LogP contribution in [-0.4, -0.2) is 35.9 Å². The van der Waals surface area contributed by atoms with Crippen molar-refractivity contribution < 1.29 is 14.7 Å². The number of ketones is 1. The Kier molecular flexibility index (Phi) is 2.40. The Bertz CT molecular complexity index is 264. The van der Waals surface area contributed by atoms with Crippen LogP contribution in [0.15, 0.2) is 12.3 Å². The molecule has 0 atom stereocenters. The summed E-state index contributed by atoms with van der Waals surface area (Å²) in [5.41, 5.74) is -1.09. The van der Waals surface area contributed by atoms with E-state index in [1.807, 2.05) is 0 Å². The first-order valence-electron chi connectivity index (χ1n) is 4.11. The second-order valence-electron chi connectivity index (χ2n) is 3.53. The molecule has 1 rings (SSSR count). The lowest BCUT2D eigenvalue weighted by molar-refractivity contribution is -0.146. The predicted molar refractivity (Wildman–Crippen MR) is 47.1 cm³/mol. The molecule has 72 valence electrons. The number of hydrogen-bond donors (Lipinski definition) is 1. The molecule has 0 aromatic carbocycles. The third kappa shape index (κ3) is 1.88. The lowest BCUT2D eigenvalue weighted by atomic mass is 10.0. The van der Waals surface area contributed by atoms with Gasteiger partial charge in [0.25, 0.3) is 0 Å². The van der Waals surface area contributed by atoms with E-state index in [0.29, 0.717) is 12.8 Å². The quantitative estimate of drug-likeness (QED) is 0.509. The van der Waals surface area contributed by atoms with E-state index in [9.17, 15) is 9.59 Å². The summed E-state index contributed by atoms with van der Waals surface area (Å²) >= 11 is 0. The molecule has 0 aromatic heterocycles.